The number of aromatic nitrogens is 2. The van der Waals surface area contributed by atoms with E-state index in [1.54, 1.807) is 18.5 Å². The molecule has 9 nitrogen and oxygen atoms in total. The smallest absolute Gasteiger partial charge is 0.246 e. The Morgan fingerprint density at radius 1 is 1.17 bits per heavy atom. The average Bonchev–Trinajstić information content (AvgIpc) is 3.45. The summed E-state index contributed by atoms with van der Waals surface area (Å²) < 4.78 is 39.6. The molecule has 10 heteroatoms. The van der Waals surface area contributed by atoms with Crippen LogP contribution in [0.25, 0.3) is 0 Å². The van der Waals surface area contributed by atoms with Gasteiger partial charge in [0, 0.05) is 26.1 Å². The molecule has 2 aliphatic heterocycles. The highest BCUT2D eigenvalue weighted by atomic mass is 32.2. The highest BCUT2D eigenvalue weighted by Gasteiger charge is 2.32. The van der Waals surface area contributed by atoms with Gasteiger partial charge in [-0.3, -0.25) is 9.48 Å². The third-order valence-corrected chi connectivity index (χ3v) is 7.61. The van der Waals surface area contributed by atoms with Crippen LogP contribution in [0.5, 0.6) is 11.5 Å². The number of nitrogens with zero attached hydrogens (tertiary/aromatic N) is 3. The number of hydrogen-bond acceptors (Lipinski definition) is 6. The number of carbonyl (C=O) groups excluding carboxylic acids is 1. The van der Waals surface area contributed by atoms with Gasteiger partial charge in [0.1, 0.15) is 4.90 Å². The van der Waals surface area contributed by atoms with E-state index in [1.165, 1.54) is 4.31 Å². The first-order valence-corrected chi connectivity index (χ1v) is 11.5. The zero-order chi connectivity index (χ0) is 21.3. The maximum atomic E-state index is 12.9. The first-order chi connectivity index (χ1) is 14.4. The molecule has 1 N–H and O–H groups in total. The highest BCUT2D eigenvalue weighted by molar-refractivity contribution is 7.89. The van der Waals surface area contributed by atoms with Crippen molar-refractivity contribution in [1.82, 2.24) is 19.4 Å². The lowest BCUT2D eigenvalue weighted by molar-refractivity contribution is -0.121. The Kier molecular flexibility index (Phi) is 5.70. The molecule has 0 radical (unpaired) electrons. The van der Waals surface area contributed by atoms with E-state index in [4.69, 9.17) is 9.47 Å². The molecule has 0 saturated carbocycles. The topological polar surface area (TPSA) is 103 Å². The van der Waals surface area contributed by atoms with Crippen molar-refractivity contribution in [3.05, 3.63) is 35.2 Å². The van der Waals surface area contributed by atoms with Crippen LogP contribution in [0.3, 0.4) is 0 Å². The average molecular weight is 435 g/mol. The summed E-state index contributed by atoms with van der Waals surface area (Å²) in [5, 5.41) is 7.25. The molecule has 1 fully saturated rings. The molecule has 1 aromatic heterocycles. The van der Waals surface area contributed by atoms with Gasteiger partial charge in [-0.1, -0.05) is 6.07 Å². The Morgan fingerprint density at radius 3 is 2.67 bits per heavy atom. The quantitative estimate of drug-likeness (QED) is 0.712. The van der Waals surface area contributed by atoms with Gasteiger partial charge in [0.2, 0.25) is 22.7 Å². The number of rotatable bonds is 7. The molecule has 30 heavy (non-hydrogen) atoms. The van der Waals surface area contributed by atoms with Gasteiger partial charge in [0.25, 0.3) is 0 Å². The zero-order valence-corrected chi connectivity index (χ0v) is 18.0. The minimum Gasteiger partial charge on any atom is -0.454 e. The standard InChI is InChI=1S/C20H26N4O5S/c1-14-20(30(26,27)23-8-3-4-9-23)15(2)24(22-14)10-7-19(25)21-12-16-5-6-17-18(11-16)29-13-28-17/h5-6,11H,3-4,7-10,12-13H2,1-2H3,(H,21,25). The van der Waals surface area contributed by atoms with Gasteiger partial charge < -0.3 is 14.8 Å². The van der Waals surface area contributed by atoms with Crippen molar-refractivity contribution in [2.45, 2.75) is 51.1 Å². The van der Waals surface area contributed by atoms with Crippen LogP contribution in [0.1, 0.15) is 36.2 Å². The molecule has 0 unspecified atom stereocenters. The van der Waals surface area contributed by atoms with E-state index >= 15 is 0 Å². The van der Waals surface area contributed by atoms with Gasteiger partial charge in [-0.15, -0.1) is 0 Å². The molecule has 0 atom stereocenters. The number of ether oxygens (including phenoxy) is 2. The largest absolute Gasteiger partial charge is 0.454 e. The maximum absolute atomic E-state index is 12.9. The molecule has 0 aliphatic carbocycles. The normalized spacial score (nSPS) is 16.2. The summed E-state index contributed by atoms with van der Waals surface area (Å²) in [5.41, 5.74) is 1.96. The SMILES string of the molecule is Cc1nn(CCC(=O)NCc2ccc3c(c2)OCO3)c(C)c1S(=O)(=O)N1CCCC1. The summed E-state index contributed by atoms with van der Waals surface area (Å²) in [6.45, 7) is 5.45. The van der Waals surface area contributed by atoms with E-state index < -0.39 is 10.0 Å². The molecule has 1 aromatic carbocycles. The van der Waals surface area contributed by atoms with Crippen LogP contribution in [0.4, 0.5) is 0 Å². The summed E-state index contributed by atoms with van der Waals surface area (Å²) in [4.78, 5) is 12.6. The lowest BCUT2D eigenvalue weighted by Gasteiger charge is -2.15. The fourth-order valence-corrected chi connectivity index (χ4v) is 5.77. The third-order valence-electron chi connectivity index (χ3n) is 5.46. The highest BCUT2D eigenvalue weighted by Crippen LogP contribution is 2.32. The number of nitrogens with one attached hydrogen (secondary N) is 1. The van der Waals surface area contributed by atoms with Gasteiger partial charge in [-0.05, 0) is 44.4 Å². The molecular weight excluding hydrogens is 408 g/mol. The van der Waals surface area contributed by atoms with Crippen LogP contribution in [-0.2, 0) is 27.9 Å². The molecule has 1 amide bonds. The molecule has 1 saturated heterocycles. The molecule has 3 heterocycles. The van der Waals surface area contributed by atoms with Gasteiger partial charge in [0.05, 0.1) is 17.9 Å². The molecule has 162 valence electrons. The van der Waals surface area contributed by atoms with Crippen LogP contribution < -0.4 is 14.8 Å². The van der Waals surface area contributed by atoms with Crippen molar-refractivity contribution in [2.75, 3.05) is 19.9 Å². The number of benzene rings is 1. The second-order valence-corrected chi connectivity index (χ2v) is 9.42. The predicted octanol–water partition coefficient (Wildman–Crippen LogP) is 1.72. The minimum absolute atomic E-state index is 0.135. The Bertz CT molecular complexity index is 1060. The van der Waals surface area contributed by atoms with Gasteiger partial charge >= 0.3 is 0 Å². The van der Waals surface area contributed by atoms with Crippen molar-refractivity contribution >= 4 is 15.9 Å². The maximum Gasteiger partial charge on any atom is 0.246 e. The first kappa shape index (κ1) is 20.7. The van der Waals surface area contributed by atoms with Gasteiger partial charge in [0.15, 0.2) is 11.5 Å². The molecular formula is C20H26N4O5S. The molecule has 0 bridgehead atoms. The Hall–Kier alpha value is -2.59. The fourth-order valence-electron chi connectivity index (χ4n) is 3.88. The van der Waals surface area contributed by atoms with Crippen molar-refractivity contribution in [1.29, 1.82) is 0 Å². The van der Waals surface area contributed by atoms with Crippen LogP contribution in [0.15, 0.2) is 23.1 Å². The number of amides is 1. The Labute approximate surface area is 176 Å². The lowest BCUT2D eigenvalue weighted by Crippen LogP contribution is -2.28. The van der Waals surface area contributed by atoms with Gasteiger partial charge in [-0.25, -0.2) is 8.42 Å². The van der Waals surface area contributed by atoms with Crippen LogP contribution in [0, 0.1) is 13.8 Å². The molecule has 4 rings (SSSR count). The summed E-state index contributed by atoms with van der Waals surface area (Å²) in [6.07, 6.45) is 1.97. The van der Waals surface area contributed by atoms with Gasteiger partial charge in [-0.2, -0.15) is 9.40 Å². The van der Waals surface area contributed by atoms with Crippen LogP contribution >= 0.6 is 0 Å². The Morgan fingerprint density at radius 2 is 1.90 bits per heavy atom. The van der Waals surface area contributed by atoms with E-state index in [0.29, 0.717) is 49.1 Å². The number of carbonyl (C=O) groups is 1. The van der Waals surface area contributed by atoms with Crippen LogP contribution in [0.2, 0.25) is 0 Å². The van der Waals surface area contributed by atoms with Crippen molar-refractivity contribution in [3.8, 4) is 11.5 Å². The molecule has 2 aromatic rings. The number of sulfonamides is 1. The lowest BCUT2D eigenvalue weighted by atomic mass is 10.2. The van der Waals surface area contributed by atoms with Crippen molar-refractivity contribution in [3.63, 3.8) is 0 Å². The van der Waals surface area contributed by atoms with E-state index in [9.17, 15) is 13.2 Å². The number of aryl methyl sites for hydroxylation is 2. The van der Waals surface area contributed by atoms with E-state index in [2.05, 4.69) is 10.4 Å². The van der Waals surface area contributed by atoms with Crippen LogP contribution in [-0.4, -0.2) is 48.3 Å². The predicted molar refractivity (Wildman–Crippen MR) is 109 cm³/mol. The first-order valence-electron chi connectivity index (χ1n) is 10.1. The van der Waals surface area contributed by atoms with E-state index in [-0.39, 0.29) is 24.0 Å². The summed E-state index contributed by atoms with van der Waals surface area (Å²) in [6, 6.07) is 5.55. The summed E-state index contributed by atoms with van der Waals surface area (Å²) in [7, 11) is -3.54. The third kappa shape index (κ3) is 4.01. The molecule has 2 aliphatic rings. The Balaban J connectivity index is 1.36. The molecule has 0 spiro atoms. The number of hydrogen-bond donors (Lipinski definition) is 1. The number of fused-ring (bicyclic) bond motifs is 1. The van der Waals surface area contributed by atoms with Crippen molar-refractivity contribution in [2.24, 2.45) is 0 Å². The van der Waals surface area contributed by atoms with Crippen molar-refractivity contribution < 1.29 is 22.7 Å². The van der Waals surface area contributed by atoms with E-state index in [0.717, 1.165) is 18.4 Å². The summed E-state index contributed by atoms with van der Waals surface area (Å²) in [5.74, 6) is 1.24. The summed E-state index contributed by atoms with van der Waals surface area (Å²) >= 11 is 0. The fraction of sp³-hybridized carbons (Fsp3) is 0.500. The minimum atomic E-state index is -3.54. The zero-order valence-electron chi connectivity index (χ0n) is 17.2. The second-order valence-electron chi connectivity index (χ2n) is 7.55. The monoisotopic (exact) mass is 434 g/mol. The van der Waals surface area contributed by atoms with E-state index in [1.807, 2.05) is 18.2 Å². The second kappa shape index (κ2) is 8.27.